The Balaban J connectivity index is 1.89. The maximum Gasteiger partial charge on any atom is 0.0736 e. The highest BCUT2D eigenvalue weighted by Gasteiger charge is 2.46. The van der Waals surface area contributed by atoms with Crippen LogP contribution in [-0.2, 0) is 0 Å². The minimum atomic E-state index is 0.778. The van der Waals surface area contributed by atoms with Crippen LogP contribution in [0.25, 0.3) is 0 Å². The summed E-state index contributed by atoms with van der Waals surface area (Å²) in [5.74, 6) is 5.48. The van der Waals surface area contributed by atoms with Crippen molar-refractivity contribution in [3.05, 3.63) is 0 Å². The van der Waals surface area contributed by atoms with Gasteiger partial charge in [-0.1, -0.05) is 105 Å². The van der Waals surface area contributed by atoms with E-state index in [1.807, 2.05) is 0 Å². The molecule has 0 aromatic rings. The Morgan fingerprint density at radius 1 is 0.342 bits per heavy atom. The maximum absolute atomic E-state index is 2.37. The summed E-state index contributed by atoms with van der Waals surface area (Å²) in [7, 11) is 0. The molecule has 2 heterocycles. The highest BCUT2D eigenvalue weighted by atomic mass is 32.3. The minimum Gasteiger partial charge on any atom is -0.146 e. The second-order valence-corrected chi connectivity index (χ2v) is 22.4. The van der Waals surface area contributed by atoms with Crippen molar-refractivity contribution in [2.75, 3.05) is 23.0 Å². The topological polar surface area (TPSA) is 0 Å². The normalized spacial score (nSPS) is 27.5. The van der Waals surface area contributed by atoms with E-state index in [4.69, 9.17) is 0 Å². The molecule has 226 valence electrons. The molecule has 2 saturated heterocycles. The molecular weight excluding hydrogens is 617 g/mol. The Morgan fingerprint density at radius 2 is 0.579 bits per heavy atom. The van der Waals surface area contributed by atoms with Gasteiger partial charge >= 0.3 is 0 Å². The van der Waals surface area contributed by atoms with E-state index in [9.17, 15) is 0 Å². The van der Waals surface area contributed by atoms with E-state index < -0.39 is 0 Å². The first-order valence-electron chi connectivity index (χ1n) is 15.8. The molecule has 0 nitrogen and oxygen atoms in total. The Bertz CT molecular complexity index is 446. The van der Waals surface area contributed by atoms with E-state index in [0.717, 1.165) is 27.5 Å². The van der Waals surface area contributed by atoms with Crippen LogP contribution in [0.15, 0.2) is 0 Å². The van der Waals surface area contributed by atoms with Gasteiger partial charge in [-0.25, -0.2) is 0 Å². The van der Waals surface area contributed by atoms with Crippen molar-refractivity contribution in [1.82, 2.24) is 0 Å². The average molecular weight is 675 g/mol. The first-order chi connectivity index (χ1) is 18.7. The number of unbranched alkanes of at least 4 members (excludes halogenated alkanes) is 12. The summed E-state index contributed by atoms with van der Waals surface area (Å²) in [5, 5.41) is 0. The molecule has 0 aromatic heterocycles. The number of rotatable bonds is 25. The zero-order chi connectivity index (χ0) is 27.3. The third-order valence-corrected chi connectivity index (χ3v) is 22.1. The first kappa shape index (κ1) is 37.0. The van der Waals surface area contributed by atoms with Crippen LogP contribution in [0.2, 0.25) is 0 Å². The number of thioether (sulfide) groups is 8. The van der Waals surface area contributed by atoms with E-state index in [2.05, 4.69) is 122 Å². The summed E-state index contributed by atoms with van der Waals surface area (Å²) in [6.45, 7) is 9.32. The van der Waals surface area contributed by atoms with E-state index in [-0.39, 0.29) is 0 Å². The molecule has 4 unspecified atom stereocenters. The van der Waals surface area contributed by atoms with E-state index in [1.54, 1.807) is 0 Å². The molecule has 0 amide bonds. The number of hydrogen-bond donors (Lipinski definition) is 0. The lowest BCUT2D eigenvalue weighted by Gasteiger charge is -2.17. The molecule has 4 atom stereocenters. The van der Waals surface area contributed by atoms with Crippen molar-refractivity contribution in [1.29, 1.82) is 0 Å². The van der Waals surface area contributed by atoms with Crippen LogP contribution in [0.5, 0.6) is 0 Å². The summed E-state index contributed by atoms with van der Waals surface area (Å²) in [6.07, 6.45) is 22.4. The summed E-state index contributed by atoms with van der Waals surface area (Å²) in [5.41, 5.74) is 0. The van der Waals surface area contributed by atoms with Gasteiger partial charge in [0.2, 0.25) is 0 Å². The first-order valence-corrected chi connectivity index (χ1v) is 23.8. The highest BCUT2D eigenvalue weighted by Crippen LogP contribution is 2.63. The third-order valence-electron chi connectivity index (χ3n) is 6.86. The quantitative estimate of drug-likeness (QED) is 0.0866. The minimum absolute atomic E-state index is 0.778. The van der Waals surface area contributed by atoms with Crippen molar-refractivity contribution in [3.63, 3.8) is 0 Å². The monoisotopic (exact) mass is 674 g/mol. The van der Waals surface area contributed by atoms with Crippen LogP contribution in [-0.4, -0.2) is 50.5 Å². The average Bonchev–Trinajstić information content (AvgIpc) is 3.52. The van der Waals surface area contributed by atoms with Gasteiger partial charge in [-0.2, -0.15) is 0 Å². The van der Waals surface area contributed by atoms with E-state index in [0.29, 0.717) is 0 Å². The summed E-state index contributed by atoms with van der Waals surface area (Å²) < 4.78 is 4.74. The zero-order valence-electron chi connectivity index (χ0n) is 24.9. The summed E-state index contributed by atoms with van der Waals surface area (Å²) in [6, 6.07) is 0. The van der Waals surface area contributed by atoms with Crippen molar-refractivity contribution in [3.8, 4) is 0 Å². The largest absolute Gasteiger partial charge is 0.146 e. The Hall–Kier alpha value is 2.80. The molecule has 0 aromatic carbocycles. The fraction of sp³-hybridized carbons (Fsp3) is 1.00. The van der Waals surface area contributed by atoms with Crippen molar-refractivity contribution in [2.24, 2.45) is 0 Å². The van der Waals surface area contributed by atoms with E-state index >= 15 is 0 Å². The molecule has 0 aliphatic carbocycles. The van der Waals surface area contributed by atoms with Gasteiger partial charge in [-0.05, 0) is 48.7 Å². The van der Waals surface area contributed by atoms with Gasteiger partial charge in [0.1, 0.15) is 0 Å². The SMILES string of the molecule is CCCCCCSC1SC(C2SC(SCCCCCC)C(SCCCCCC)S2)SC1SCCCCCC. The molecule has 2 rings (SSSR count). The van der Waals surface area contributed by atoms with Crippen LogP contribution in [0.3, 0.4) is 0 Å². The smallest absolute Gasteiger partial charge is 0.0736 e. The highest BCUT2D eigenvalue weighted by molar-refractivity contribution is 8.37. The Labute approximate surface area is 272 Å². The van der Waals surface area contributed by atoms with Gasteiger partial charge in [0, 0.05) is 0 Å². The lowest BCUT2D eigenvalue weighted by molar-refractivity contribution is 0.706. The third kappa shape index (κ3) is 16.0. The summed E-state index contributed by atoms with van der Waals surface area (Å²) in [4.78, 5) is 0. The standard InChI is InChI=1S/C30H58S8/c1-5-9-13-17-21-31-25-26(32-22-18-14-10-6-2)36-29(35-25)30-37-27(33-23-19-15-11-7-3)28(38-30)34-24-20-16-12-8-4/h25-30H,5-24H2,1-4H3. The molecule has 0 saturated carbocycles. The molecule has 38 heavy (non-hydrogen) atoms. The molecule has 0 radical (unpaired) electrons. The second-order valence-electron chi connectivity index (χ2n) is 10.5. The number of hydrogen-bond acceptors (Lipinski definition) is 8. The second kappa shape index (κ2) is 25.2. The van der Waals surface area contributed by atoms with Gasteiger partial charge in [0.15, 0.2) is 0 Å². The molecule has 0 spiro atoms. The van der Waals surface area contributed by atoms with Crippen LogP contribution < -0.4 is 0 Å². The maximum atomic E-state index is 2.37. The zero-order valence-corrected chi connectivity index (χ0v) is 31.4. The van der Waals surface area contributed by atoms with Gasteiger partial charge in [0.05, 0.1) is 27.5 Å². The van der Waals surface area contributed by atoms with Crippen LogP contribution >= 0.6 is 94.1 Å². The van der Waals surface area contributed by atoms with Crippen molar-refractivity contribution >= 4 is 94.1 Å². The molecule has 0 bridgehead atoms. The lowest BCUT2D eigenvalue weighted by Crippen LogP contribution is -2.08. The van der Waals surface area contributed by atoms with Gasteiger partial charge in [-0.3, -0.25) is 0 Å². The van der Waals surface area contributed by atoms with Gasteiger partial charge in [-0.15, -0.1) is 94.1 Å². The van der Waals surface area contributed by atoms with Gasteiger partial charge < -0.3 is 0 Å². The molecule has 8 heteroatoms. The fourth-order valence-electron chi connectivity index (χ4n) is 4.49. The van der Waals surface area contributed by atoms with Crippen molar-refractivity contribution in [2.45, 2.75) is 158 Å². The molecule has 2 aliphatic rings. The fourth-order valence-corrected chi connectivity index (χ4v) is 21.2. The van der Waals surface area contributed by atoms with Crippen LogP contribution in [0.4, 0.5) is 0 Å². The molecule has 0 N–H and O–H groups in total. The van der Waals surface area contributed by atoms with Crippen LogP contribution in [0.1, 0.15) is 130 Å². The summed E-state index contributed by atoms with van der Waals surface area (Å²) >= 11 is 18.7. The Kier molecular flexibility index (Phi) is 24.5. The van der Waals surface area contributed by atoms with E-state index in [1.165, 1.54) is 126 Å². The Morgan fingerprint density at radius 3 is 0.789 bits per heavy atom. The predicted molar refractivity (Wildman–Crippen MR) is 199 cm³/mol. The van der Waals surface area contributed by atoms with Gasteiger partial charge in [0.25, 0.3) is 0 Å². The molecular formula is C30H58S8. The molecule has 2 aliphatic heterocycles. The van der Waals surface area contributed by atoms with Crippen LogP contribution in [0, 0.1) is 0 Å². The lowest BCUT2D eigenvalue weighted by atomic mass is 10.2. The molecule has 2 fully saturated rings. The predicted octanol–water partition coefficient (Wildman–Crippen LogP) is 13.2. The van der Waals surface area contributed by atoms with Crippen molar-refractivity contribution < 1.29 is 0 Å².